The maximum absolute atomic E-state index is 14.2. The summed E-state index contributed by atoms with van der Waals surface area (Å²) in [6.07, 6.45) is 1.55. The molecule has 9 heteroatoms. The fourth-order valence-corrected chi connectivity index (χ4v) is 3.67. The molecule has 0 saturated carbocycles. The SMILES string of the molecule is COc1cc2nccc(Oc3ccc(Cl)cc3F)c2cc1C(=O)NCCN1CCOCC1. The molecule has 1 aliphatic rings. The third kappa shape index (κ3) is 5.09. The molecule has 1 amide bonds. The molecule has 1 aliphatic heterocycles. The molecule has 168 valence electrons. The number of hydrogen-bond donors (Lipinski definition) is 1. The van der Waals surface area contributed by atoms with Crippen LogP contribution in [0.15, 0.2) is 42.6 Å². The minimum absolute atomic E-state index is 0.0224. The van der Waals surface area contributed by atoms with Crippen molar-refractivity contribution in [3.63, 3.8) is 0 Å². The third-order valence-electron chi connectivity index (χ3n) is 5.20. The van der Waals surface area contributed by atoms with Crippen molar-refractivity contribution in [1.29, 1.82) is 0 Å². The zero-order valence-electron chi connectivity index (χ0n) is 17.6. The molecule has 4 rings (SSSR count). The van der Waals surface area contributed by atoms with Crippen LogP contribution >= 0.6 is 11.6 Å². The van der Waals surface area contributed by atoms with Crippen molar-refractivity contribution >= 4 is 28.4 Å². The Morgan fingerprint density at radius 2 is 2.00 bits per heavy atom. The summed E-state index contributed by atoms with van der Waals surface area (Å²) in [5, 5.41) is 3.76. The number of rotatable bonds is 7. The van der Waals surface area contributed by atoms with Gasteiger partial charge in [0.2, 0.25) is 0 Å². The summed E-state index contributed by atoms with van der Waals surface area (Å²) in [4.78, 5) is 19.5. The predicted octanol–water partition coefficient (Wildman–Crippen LogP) is 3.89. The van der Waals surface area contributed by atoms with Crippen molar-refractivity contribution in [2.45, 2.75) is 0 Å². The highest BCUT2D eigenvalue weighted by molar-refractivity contribution is 6.30. The zero-order chi connectivity index (χ0) is 22.5. The number of aromatic nitrogens is 1. The van der Waals surface area contributed by atoms with Crippen molar-refractivity contribution in [2.75, 3.05) is 46.5 Å². The van der Waals surface area contributed by atoms with E-state index in [1.807, 2.05) is 0 Å². The van der Waals surface area contributed by atoms with Crippen LogP contribution in [0.1, 0.15) is 10.4 Å². The van der Waals surface area contributed by atoms with Crippen LogP contribution in [0.25, 0.3) is 10.9 Å². The molecular weight excluding hydrogens is 437 g/mol. The first-order chi connectivity index (χ1) is 15.5. The lowest BCUT2D eigenvalue weighted by atomic mass is 10.1. The summed E-state index contributed by atoms with van der Waals surface area (Å²) < 4.78 is 30.8. The molecule has 0 radical (unpaired) electrons. The van der Waals surface area contributed by atoms with E-state index in [-0.39, 0.29) is 16.7 Å². The second kappa shape index (κ2) is 10.1. The number of halogens is 2. The summed E-state index contributed by atoms with van der Waals surface area (Å²) >= 11 is 5.82. The lowest BCUT2D eigenvalue weighted by molar-refractivity contribution is 0.0383. The molecule has 1 aromatic heterocycles. The van der Waals surface area contributed by atoms with E-state index in [9.17, 15) is 9.18 Å². The Bertz CT molecular complexity index is 1120. The maximum atomic E-state index is 14.2. The lowest BCUT2D eigenvalue weighted by Crippen LogP contribution is -2.41. The van der Waals surface area contributed by atoms with Crippen LogP contribution in [0.5, 0.6) is 17.2 Å². The van der Waals surface area contributed by atoms with E-state index in [2.05, 4.69) is 15.2 Å². The molecule has 0 bridgehead atoms. The van der Waals surface area contributed by atoms with Crippen LogP contribution in [0.3, 0.4) is 0 Å². The number of benzene rings is 2. The van der Waals surface area contributed by atoms with Gasteiger partial charge in [0.1, 0.15) is 11.5 Å². The highest BCUT2D eigenvalue weighted by atomic mass is 35.5. The van der Waals surface area contributed by atoms with Gasteiger partial charge in [-0.15, -0.1) is 0 Å². The van der Waals surface area contributed by atoms with Gasteiger partial charge in [0.05, 0.1) is 31.4 Å². The van der Waals surface area contributed by atoms with Crippen LogP contribution < -0.4 is 14.8 Å². The molecule has 0 atom stereocenters. The van der Waals surface area contributed by atoms with Crippen LogP contribution in [0.4, 0.5) is 4.39 Å². The fourth-order valence-electron chi connectivity index (χ4n) is 3.51. The van der Waals surface area contributed by atoms with E-state index < -0.39 is 5.82 Å². The Labute approximate surface area is 190 Å². The third-order valence-corrected chi connectivity index (χ3v) is 5.43. The molecule has 3 aromatic rings. The van der Waals surface area contributed by atoms with Gasteiger partial charge in [-0.25, -0.2) is 4.39 Å². The summed E-state index contributed by atoms with van der Waals surface area (Å²) in [6.45, 7) is 4.33. The number of carbonyl (C=O) groups is 1. The number of fused-ring (bicyclic) bond motifs is 1. The fraction of sp³-hybridized carbons (Fsp3) is 0.304. The minimum Gasteiger partial charge on any atom is -0.496 e. The van der Waals surface area contributed by atoms with Gasteiger partial charge in [-0.05, 0) is 30.3 Å². The second-order valence-electron chi connectivity index (χ2n) is 7.27. The first kappa shape index (κ1) is 22.3. The average Bonchev–Trinajstić information content (AvgIpc) is 2.80. The van der Waals surface area contributed by atoms with Crippen molar-refractivity contribution < 1.29 is 23.4 Å². The van der Waals surface area contributed by atoms with Crippen LogP contribution in [-0.4, -0.2) is 62.3 Å². The van der Waals surface area contributed by atoms with E-state index in [0.717, 1.165) is 19.6 Å². The van der Waals surface area contributed by atoms with Gasteiger partial charge in [-0.3, -0.25) is 14.7 Å². The Kier molecular flexibility index (Phi) is 7.04. The van der Waals surface area contributed by atoms with Gasteiger partial charge >= 0.3 is 0 Å². The van der Waals surface area contributed by atoms with Crippen LogP contribution in [0.2, 0.25) is 5.02 Å². The molecule has 1 saturated heterocycles. The van der Waals surface area contributed by atoms with Gasteiger partial charge in [0.15, 0.2) is 11.6 Å². The van der Waals surface area contributed by atoms with Crippen molar-refractivity contribution in [3.05, 3.63) is 59.0 Å². The van der Waals surface area contributed by atoms with Crippen LogP contribution in [0, 0.1) is 5.82 Å². The van der Waals surface area contributed by atoms with E-state index in [1.165, 1.54) is 19.2 Å². The number of hydrogen-bond acceptors (Lipinski definition) is 6. The highest BCUT2D eigenvalue weighted by Crippen LogP contribution is 2.34. The van der Waals surface area contributed by atoms with E-state index in [0.29, 0.717) is 47.7 Å². The summed E-state index contributed by atoms with van der Waals surface area (Å²) in [5.74, 6) is -0.0827. The van der Waals surface area contributed by atoms with Gasteiger partial charge in [0.25, 0.3) is 5.91 Å². The van der Waals surface area contributed by atoms with Gasteiger partial charge in [-0.1, -0.05) is 11.6 Å². The summed E-state index contributed by atoms with van der Waals surface area (Å²) in [5.41, 5.74) is 0.898. The number of ether oxygens (including phenoxy) is 3. The molecule has 1 N–H and O–H groups in total. The molecule has 2 aromatic carbocycles. The molecular formula is C23H23ClFN3O4. The molecule has 0 aliphatic carbocycles. The Hall–Kier alpha value is -2.94. The number of carbonyl (C=O) groups excluding carboxylic acids is 1. The summed E-state index contributed by atoms with van der Waals surface area (Å²) in [7, 11) is 1.50. The average molecular weight is 460 g/mol. The quantitative estimate of drug-likeness (QED) is 0.578. The standard InChI is InChI=1S/C23H23ClFN3O4/c1-30-22-14-19-16(13-17(22)23(29)27-6-7-28-8-10-31-11-9-28)20(4-5-26-19)32-21-3-2-15(24)12-18(21)25/h2-5,12-14H,6-11H2,1H3,(H,27,29). The van der Waals surface area contributed by atoms with E-state index in [1.54, 1.807) is 30.5 Å². The second-order valence-corrected chi connectivity index (χ2v) is 7.70. The first-order valence-corrected chi connectivity index (χ1v) is 10.6. The van der Waals surface area contributed by atoms with E-state index in [4.69, 9.17) is 25.8 Å². The van der Waals surface area contributed by atoms with E-state index >= 15 is 0 Å². The molecule has 0 spiro atoms. The predicted molar refractivity (Wildman–Crippen MR) is 119 cm³/mol. The monoisotopic (exact) mass is 459 g/mol. The van der Waals surface area contributed by atoms with Gasteiger partial charge in [0, 0.05) is 48.9 Å². The molecule has 32 heavy (non-hydrogen) atoms. The number of morpholine rings is 1. The molecule has 7 nitrogen and oxygen atoms in total. The Balaban J connectivity index is 1.57. The van der Waals surface area contributed by atoms with Crippen molar-refractivity contribution in [1.82, 2.24) is 15.2 Å². The lowest BCUT2D eigenvalue weighted by Gasteiger charge is -2.26. The topological polar surface area (TPSA) is 72.9 Å². The number of nitrogens with one attached hydrogen (secondary N) is 1. The molecule has 1 fully saturated rings. The highest BCUT2D eigenvalue weighted by Gasteiger charge is 2.18. The minimum atomic E-state index is -0.586. The Morgan fingerprint density at radius 1 is 1.19 bits per heavy atom. The Morgan fingerprint density at radius 3 is 2.75 bits per heavy atom. The molecule has 2 heterocycles. The normalized spacial score (nSPS) is 14.3. The largest absolute Gasteiger partial charge is 0.496 e. The van der Waals surface area contributed by atoms with Crippen molar-refractivity contribution in [2.24, 2.45) is 0 Å². The summed E-state index contributed by atoms with van der Waals surface area (Å²) in [6, 6.07) is 9.09. The van der Waals surface area contributed by atoms with Gasteiger partial charge < -0.3 is 19.5 Å². The van der Waals surface area contributed by atoms with Crippen LogP contribution in [-0.2, 0) is 4.74 Å². The zero-order valence-corrected chi connectivity index (χ0v) is 18.3. The first-order valence-electron chi connectivity index (χ1n) is 10.2. The number of pyridine rings is 1. The van der Waals surface area contributed by atoms with Gasteiger partial charge in [-0.2, -0.15) is 0 Å². The molecule has 0 unspecified atom stereocenters. The number of nitrogens with zero attached hydrogens (tertiary/aromatic N) is 2. The number of amides is 1. The smallest absolute Gasteiger partial charge is 0.255 e. The number of methoxy groups -OCH3 is 1. The van der Waals surface area contributed by atoms with Crippen molar-refractivity contribution in [3.8, 4) is 17.2 Å². The maximum Gasteiger partial charge on any atom is 0.255 e.